The van der Waals surface area contributed by atoms with Crippen LogP contribution in [0.4, 0.5) is 0 Å². The fraction of sp³-hybridized carbons (Fsp3) is 0.900. The zero-order chi connectivity index (χ0) is 30.3. The molecule has 0 aromatic rings. The van der Waals surface area contributed by atoms with Crippen molar-refractivity contribution in [1.29, 1.82) is 0 Å². The number of hydrogen-bond donors (Lipinski definition) is 5. The van der Waals surface area contributed by atoms with Crippen molar-refractivity contribution in [3.8, 4) is 0 Å². The van der Waals surface area contributed by atoms with Gasteiger partial charge in [0.2, 0.25) is 0 Å². The molecule has 0 heterocycles. The van der Waals surface area contributed by atoms with Gasteiger partial charge in [-0.3, -0.25) is 14.4 Å². The van der Waals surface area contributed by atoms with Gasteiger partial charge in [0.05, 0.1) is 31.2 Å². The summed E-state index contributed by atoms with van der Waals surface area (Å²) in [5.74, 6) is -2.46. The average Bonchev–Trinajstić information content (AvgIpc) is 2.71. The summed E-state index contributed by atoms with van der Waals surface area (Å²) in [5.41, 5.74) is -0.467. The van der Waals surface area contributed by atoms with E-state index in [1.807, 2.05) is 0 Å². The van der Waals surface area contributed by atoms with Gasteiger partial charge in [0.15, 0.2) is 0 Å². The van der Waals surface area contributed by atoms with E-state index in [2.05, 4.69) is 62.3 Å². The molecule has 8 heteroatoms. The lowest BCUT2D eigenvalue weighted by Crippen LogP contribution is -2.32. The van der Waals surface area contributed by atoms with Crippen molar-refractivity contribution in [3.63, 3.8) is 0 Å². The molecule has 230 valence electrons. The Balaban J connectivity index is -0.000000225. The molecule has 0 fully saturated rings. The maximum atomic E-state index is 10.9. The average molecular weight is 551 g/mol. The molecule has 38 heavy (non-hydrogen) atoms. The minimum atomic E-state index is -0.979. The summed E-state index contributed by atoms with van der Waals surface area (Å²) in [6, 6.07) is 0. The largest absolute Gasteiger partial charge is 0.481 e. The third-order valence-corrected chi connectivity index (χ3v) is 6.14. The molecule has 0 spiro atoms. The molecule has 0 bridgehead atoms. The number of ketones is 1. The summed E-state index contributed by atoms with van der Waals surface area (Å²) in [6.07, 6.45) is 4.48. The van der Waals surface area contributed by atoms with Crippen molar-refractivity contribution in [2.45, 2.75) is 122 Å². The summed E-state index contributed by atoms with van der Waals surface area (Å²) in [4.78, 5) is 32.2. The first kappa shape index (κ1) is 43.5. The molecule has 2 unspecified atom stereocenters. The number of aliphatic hydroxyl groups excluding tert-OH is 3. The van der Waals surface area contributed by atoms with Crippen LogP contribution in [0.25, 0.3) is 0 Å². The van der Waals surface area contributed by atoms with Crippen LogP contribution in [-0.4, -0.2) is 63.1 Å². The lowest BCUT2D eigenvalue weighted by Gasteiger charge is -2.26. The van der Waals surface area contributed by atoms with Crippen molar-refractivity contribution in [2.24, 2.45) is 33.5 Å². The van der Waals surface area contributed by atoms with Gasteiger partial charge in [-0.25, -0.2) is 0 Å². The topological polar surface area (TPSA) is 152 Å². The fourth-order valence-corrected chi connectivity index (χ4v) is 2.83. The van der Waals surface area contributed by atoms with Gasteiger partial charge in [0.1, 0.15) is 5.78 Å². The molecular weight excluding hydrogens is 488 g/mol. The van der Waals surface area contributed by atoms with E-state index in [-0.39, 0.29) is 55.2 Å². The van der Waals surface area contributed by atoms with Crippen LogP contribution in [0.3, 0.4) is 0 Å². The number of carbonyl (C=O) groups is 3. The molecule has 0 aliphatic carbocycles. The molecule has 0 aliphatic heterocycles. The smallest absolute Gasteiger partial charge is 0.311 e. The number of aliphatic carboxylic acids is 2. The quantitative estimate of drug-likeness (QED) is 0.197. The van der Waals surface area contributed by atoms with Gasteiger partial charge in [-0.2, -0.15) is 0 Å². The highest BCUT2D eigenvalue weighted by molar-refractivity contribution is 5.78. The Morgan fingerprint density at radius 1 is 0.605 bits per heavy atom. The summed E-state index contributed by atoms with van der Waals surface area (Å²) >= 11 is 0. The lowest BCUT2D eigenvalue weighted by atomic mass is 9.79. The third-order valence-electron chi connectivity index (χ3n) is 6.14. The normalized spacial score (nSPS) is 14.8. The van der Waals surface area contributed by atoms with Gasteiger partial charge >= 0.3 is 11.9 Å². The summed E-state index contributed by atoms with van der Waals surface area (Å²) < 4.78 is 0. The predicted octanol–water partition coefficient (Wildman–Crippen LogP) is 6.05. The SMILES string of the molecule is C.CC(=O)[C@H](CO)CCC(C)(C)C.CC(C)(C)CCC(C)(CO)C(=O)O.CC(C)(C)CCC(CO)C(=O)O. The first-order valence-corrected chi connectivity index (χ1v) is 13.2. The molecule has 5 N–H and O–H groups in total. The van der Waals surface area contributed by atoms with Crippen LogP contribution in [-0.2, 0) is 14.4 Å². The van der Waals surface area contributed by atoms with E-state index < -0.39 is 23.3 Å². The summed E-state index contributed by atoms with van der Waals surface area (Å²) in [7, 11) is 0. The van der Waals surface area contributed by atoms with Gasteiger partial charge in [-0.15, -0.1) is 0 Å². The van der Waals surface area contributed by atoms with E-state index >= 15 is 0 Å². The van der Waals surface area contributed by atoms with E-state index in [4.69, 9.17) is 25.5 Å². The van der Waals surface area contributed by atoms with E-state index in [0.717, 1.165) is 25.7 Å². The number of hydrogen-bond acceptors (Lipinski definition) is 6. The van der Waals surface area contributed by atoms with Gasteiger partial charge in [0.25, 0.3) is 0 Å². The third kappa shape index (κ3) is 26.1. The molecule has 0 amide bonds. The second-order valence-corrected chi connectivity index (χ2v) is 14.0. The summed E-state index contributed by atoms with van der Waals surface area (Å²) in [6.45, 7) is 21.4. The zero-order valence-electron chi connectivity index (χ0n) is 25.5. The molecule has 0 rings (SSSR count). The maximum Gasteiger partial charge on any atom is 0.311 e. The number of rotatable bonds is 12. The lowest BCUT2D eigenvalue weighted by molar-refractivity contribution is -0.151. The standard InChI is InChI=1S/C10H20O3.C10H20O2.C9H18O3.CH4/c1-9(2,3)5-6-10(4,7-11)8(12)13;1-8(12)9(7-11)5-6-10(2,3)4;1-9(2,3)5-4-7(6-10)8(11)12;/h11H,5-7H2,1-4H3,(H,12,13);9,11H,5-7H2,1-4H3;7,10H,4-6H2,1-3H3,(H,11,12);1H4/t;9-;;/m.0../s1. The molecule has 3 atom stereocenters. The first-order valence-electron chi connectivity index (χ1n) is 13.2. The molecule has 0 saturated carbocycles. The van der Waals surface area contributed by atoms with Crippen molar-refractivity contribution in [2.75, 3.05) is 19.8 Å². The van der Waals surface area contributed by atoms with E-state index in [0.29, 0.717) is 12.8 Å². The molecule has 0 saturated heterocycles. The number of carboxylic acid groups (broad SMARTS) is 2. The highest BCUT2D eigenvalue weighted by Gasteiger charge is 2.33. The Kier molecular flexibility index (Phi) is 22.4. The van der Waals surface area contributed by atoms with Crippen LogP contribution >= 0.6 is 0 Å². The Bertz CT molecular complexity index is 617. The Morgan fingerprint density at radius 3 is 1.16 bits per heavy atom. The second-order valence-electron chi connectivity index (χ2n) is 14.0. The van der Waals surface area contributed by atoms with Crippen molar-refractivity contribution in [3.05, 3.63) is 0 Å². The van der Waals surface area contributed by atoms with E-state index in [1.165, 1.54) is 0 Å². The van der Waals surface area contributed by atoms with E-state index in [9.17, 15) is 14.4 Å². The van der Waals surface area contributed by atoms with Gasteiger partial charge in [-0.05, 0) is 68.6 Å². The van der Waals surface area contributed by atoms with Crippen LogP contribution < -0.4 is 0 Å². The summed E-state index contributed by atoms with van der Waals surface area (Å²) in [5, 5.41) is 44.0. The zero-order valence-corrected chi connectivity index (χ0v) is 25.5. The highest BCUT2D eigenvalue weighted by atomic mass is 16.4. The minimum absolute atomic E-state index is 0. The Hall–Kier alpha value is -1.51. The van der Waals surface area contributed by atoms with Gasteiger partial charge < -0.3 is 25.5 Å². The number of carboxylic acids is 2. The highest BCUT2D eigenvalue weighted by Crippen LogP contribution is 2.30. The number of aliphatic hydroxyl groups is 3. The Labute approximate surface area is 233 Å². The molecule has 0 radical (unpaired) electrons. The second kappa shape index (κ2) is 19.5. The predicted molar refractivity (Wildman–Crippen MR) is 155 cm³/mol. The van der Waals surface area contributed by atoms with Gasteiger partial charge in [-0.1, -0.05) is 69.7 Å². The van der Waals surface area contributed by atoms with Crippen LogP contribution in [0, 0.1) is 33.5 Å². The van der Waals surface area contributed by atoms with Crippen LogP contribution in [0.1, 0.15) is 122 Å². The molecule has 0 aliphatic rings. The fourth-order valence-electron chi connectivity index (χ4n) is 2.83. The molecule has 8 nitrogen and oxygen atoms in total. The number of carbonyl (C=O) groups excluding carboxylic acids is 1. The number of Topliss-reactive ketones (excluding diaryl/α,β-unsaturated/α-hetero) is 1. The minimum Gasteiger partial charge on any atom is -0.481 e. The maximum absolute atomic E-state index is 10.9. The van der Waals surface area contributed by atoms with Crippen LogP contribution in [0.5, 0.6) is 0 Å². The molecule has 0 aromatic heterocycles. The van der Waals surface area contributed by atoms with Crippen LogP contribution in [0.2, 0.25) is 0 Å². The van der Waals surface area contributed by atoms with Crippen molar-refractivity contribution in [1.82, 2.24) is 0 Å². The van der Waals surface area contributed by atoms with Gasteiger partial charge in [0, 0.05) is 5.92 Å². The molecule has 0 aromatic carbocycles. The monoisotopic (exact) mass is 550 g/mol. The van der Waals surface area contributed by atoms with Crippen molar-refractivity contribution >= 4 is 17.7 Å². The van der Waals surface area contributed by atoms with E-state index in [1.54, 1.807) is 13.8 Å². The molecular formula is C30H62O8. The first-order chi connectivity index (χ1) is 16.4. The Morgan fingerprint density at radius 2 is 0.947 bits per heavy atom. The van der Waals surface area contributed by atoms with Crippen molar-refractivity contribution < 1.29 is 39.9 Å². The van der Waals surface area contributed by atoms with Crippen LogP contribution in [0.15, 0.2) is 0 Å².